The fourth-order valence-electron chi connectivity index (χ4n) is 4.16. The molecule has 178 valence electrons. The second-order valence-corrected chi connectivity index (χ2v) is 8.95. The van der Waals surface area contributed by atoms with E-state index in [1.165, 1.54) is 44.0 Å². The van der Waals surface area contributed by atoms with Gasteiger partial charge in [0, 0.05) is 19.5 Å². The molecule has 0 aliphatic carbocycles. The summed E-state index contributed by atoms with van der Waals surface area (Å²) >= 11 is 0. The van der Waals surface area contributed by atoms with Crippen molar-refractivity contribution in [3.05, 3.63) is 59.4 Å². The van der Waals surface area contributed by atoms with E-state index in [2.05, 4.69) is 35.0 Å². The molecule has 0 radical (unpaired) electrons. The number of aryl methyl sites for hydroxylation is 3. The molecule has 0 saturated heterocycles. The number of aromatic nitrogens is 2. The minimum Gasteiger partial charge on any atom is -0.483 e. The second kappa shape index (κ2) is 13.0. The van der Waals surface area contributed by atoms with Crippen molar-refractivity contribution in [3.63, 3.8) is 0 Å². The van der Waals surface area contributed by atoms with E-state index in [0.717, 1.165) is 41.2 Å². The number of para-hydroxylation sites is 2. The lowest BCUT2D eigenvalue weighted by Gasteiger charge is -2.11. The Morgan fingerprint density at radius 1 is 1.00 bits per heavy atom. The molecule has 0 atom stereocenters. The summed E-state index contributed by atoms with van der Waals surface area (Å²) in [7, 11) is 0. The van der Waals surface area contributed by atoms with Crippen molar-refractivity contribution < 1.29 is 9.53 Å². The van der Waals surface area contributed by atoms with Crippen LogP contribution in [0.3, 0.4) is 0 Å². The van der Waals surface area contributed by atoms with Gasteiger partial charge in [0.25, 0.3) is 5.91 Å². The topological polar surface area (TPSA) is 56.2 Å². The average molecular weight is 450 g/mol. The van der Waals surface area contributed by atoms with Crippen LogP contribution in [-0.4, -0.2) is 28.6 Å². The second-order valence-electron chi connectivity index (χ2n) is 8.95. The molecule has 5 heteroatoms. The van der Waals surface area contributed by atoms with Gasteiger partial charge < -0.3 is 14.6 Å². The van der Waals surface area contributed by atoms with Crippen LogP contribution in [0.25, 0.3) is 11.0 Å². The summed E-state index contributed by atoms with van der Waals surface area (Å²) in [6, 6.07) is 14.3. The molecule has 33 heavy (non-hydrogen) atoms. The van der Waals surface area contributed by atoms with Gasteiger partial charge in [-0.1, -0.05) is 69.7 Å². The van der Waals surface area contributed by atoms with Gasteiger partial charge in [0.05, 0.1) is 11.0 Å². The highest BCUT2D eigenvalue weighted by atomic mass is 16.5. The lowest BCUT2D eigenvalue weighted by atomic mass is 10.1. The lowest BCUT2D eigenvalue weighted by molar-refractivity contribution is -0.123. The van der Waals surface area contributed by atoms with Gasteiger partial charge in [-0.15, -0.1) is 0 Å². The summed E-state index contributed by atoms with van der Waals surface area (Å²) in [5.41, 5.74) is 4.37. The predicted molar refractivity (Wildman–Crippen MR) is 136 cm³/mol. The summed E-state index contributed by atoms with van der Waals surface area (Å²) in [5.74, 6) is 1.70. The Morgan fingerprint density at radius 2 is 1.76 bits per heavy atom. The van der Waals surface area contributed by atoms with E-state index in [4.69, 9.17) is 9.72 Å². The number of unbranched alkanes of at least 4 members (excludes halogenated alkanes) is 6. The Labute approximate surface area is 198 Å². The molecule has 2 aromatic carbocycles. The van der Waals surface area contributed by atoms with Gasteiger partial charge in [0.15, 0.2) is 6.61 Å². The first-order chi connectivity index (χ1) is 16.1. The maximum atomic E-state index is 12.3. The van der Waals surface area contributed by atoms with E-state index in [0.29, 0.717) is 13.0 Å². The molecule has 3 rings (SSSR count). The Kier molecular flexibility index (Phi) is 9.79. The smallest absolute Gasteiger partial charge is 0.257 e. The highest BCUT2D eigenvalue weighted by molar-refractivity contribution is 5.78. The zero-order chi connectivity index (χ0) is 23.5. The molecule has 0 unspecified atom stereocenters. The van der Waals surface area contributed by atoms with Gasteiger partial charge in [-0.2, -0.15) is 0 Å². The third-order valence-corrected chi connectivity index (χ3v) is 6.09. The molecule has 0 aliphatic heterocycles. The number of nitrogens with one attached hydrogen (secondary N) is 1. The van der Waals surface area contributed by atoms with Crippen LogP contribution < -0.4 is 10.1 Å². The Morgan fingerprint density at radius 3 is 2.58 bits per heavy atom. The van der Waals surface area contributed by atoms with Gasteiger partial charge in [-0.3, -0.25) is 4.79 Å². The average Bonchev–Trinajstić information content (AvgIpc) is 3.16. The normalized spacial score (nSPS) is 11.1. The van der Waals surface area contributed by atoms with Crippen LogP contribution in [-0.2, 0) is 17.8 Å². The molecule has 3 aromatic rings. The number of imidazole rings is 1. The van der Waals surface area contributed by atoms with Crippen molar-refractivity contribution in [3.8, 4) is 5.75 Å². The third-order valence-electron chi connectivity index (χ3n) is 6.09. The fourth-order valence-corrected chi connectivity index (χ4v) is 4.16. The zero-order valence-electron chi connectivity index (χ0n) is 20.5. The number of hydrogen-bond donors (Lipinski definition) is 1. The first-order valence-electron chi connectivity index (χ1n) is 12.5. The molecule has 1 aromatic heterocycles. The number of hydrogen-bond acceptors (Lipinski definition) is 3. The first kappa shape index (κ1) is 24.8. The summed E-state index contributed by atoms with van der Waals surface area (Å²) in [5, 5.41) is 2.99. The third kappa shape index (κ3) is 7.62. The van der Waals surface area contributed by atoms with Crippen LogP contribution in [0, 0.1) is 13.8 Å². The molecule has 0 bridgehead atoms. The number of amides is 1. The summed E-state index contributed by atoms with van der Waals surface area (Å²) in [4.78, 5) is 17.2. The number of benzene rings is 2. The van der Waals surface area contributed by atoms with E-state index in [-0.39, 0.29) is 12.5 Å². The van der Waals surface area contributed by atoms with E-state index < -0.39 is 0 Å². The van der Waals surface area contributed by atoms with E-state index in [1.54, 1.807) is 0 Å². The molecule has 1 amide bonds. The summed E-state index contributed by atoms with van der Waals surface area (Å²) in [6.45, 7) is 7.82. The Hall–Kier alpha value is -2.82. The zero-order valence-corrected chi connectivity index (χ0v) is 20.5. The Balaban J connectivity index is 1.49. The van der Waals surface area contributed by atoms with E-state index >= 15 is 0 Å². The minimum atomic E-state index is -0.106. The van der Waals surface area contributed by atoms with Crippen molar-refractivity contribution in [1.29, 1.82) is 0 Å². The molecular weight excluding hydrogens is 410 g/mol. The van der Waals surface area contributed by atoms with Crippen LogP contribution in [0.4, 0.5) is 0 Å². The lowest BCUT2D eigenvalue weighted by Crippen LogP contribution is -2.31. The Bertz CT molecular complexity index is 1030. The van der Waals surface area contributed by atoms with Gasteiger partial charge in [0.2, 0.25) is 0 Å². The number of fused-ring (bicyclic) bond motifs is 1. The maximum Gasteiger partial charge on any atom is 0.257 e. The van der Waals surface area contributed by atoms with Crippen molar-refractivity contribution in [2.45, 2.75) is 78.7 Å². The van der Waals surface area contributed by atoms with Crippen LogP contribution in [0.1, 0.15) is 68.8 Å². The van der Waals surface area contributed by atoms with Crippen molar-refractivity contribution in [2.24, 2.45) is 0 Å². The number of rotatable bonds is 14. The van der Waals surface area contributed by atoms with Gasteiger partial charge in [0.1, 0.15) is 11.6 Å². The largest absolute Gasteiger partial charge is 0.483 e. The summed E-state index contributed by atoms with van der Waals surface area (Å²) in [6.07, 6.45) is 9.75. The first-order valence-corrected chi connectivity index (χ1v) is 12.5. The molecule has 1 N–H and O–H groups in total. The molecule has 0 spiro atoms. The van der Waals surface area contributed by atoms with Crippen molar-refractivity contribution in [1.82, 2.24) is 14.9 Å². The summed E-state index contributed by atoms with van der Waals surface area (Å²) < 4.78 is 8.06. The van der Waals surface area contributed by atoms with Crippen LogP contribution in [0.2, 0.25) is 0 Å². The number of nitrogens with zero attached hydrogens (tertiary/aromatic N) is 2. The number of carbonyl (C=O) groups is 1. The van der Waals surface area contributed by atoms with Crippen LogP contribution >= 0.6 is 0 Å². The predicted octanol–water partition coefficient (Wildman–Crippen LogP) is 6.14. The maximum absolute atomic E-state index is 12.3. The van der Waals surface area contributed by atoms with Crippen molar-refractivity contribution in [2.75, 3.05) is 13.2 Å². The molecule has 1 heterocycles. The van der Waals surface area contributed by atoms with Crippen LogP contribution in [0.5, 0.6) is 5.75 Å². The van der Waals surface area contributed by atoms with Gasteiger partial charge >= 0.3 is 0 Å². The highest BCUT2D eigenvalue weighted by Crippen LogP contribution is 2.19. The SMILES string of the molecule is CCCCCCCCCn1c(CCNC(=O)COc2cc(C)ccc2C)nc2ccccc21. The monoisotopic (exact) mass is 449 g/mol. The van der Waals surface area contributed by atoms with E-state index in [1.807, 2.05) is 38.1 Å². The standard InChI is InChI=1S/C28H39N3O2/c1-4-5-6-7-8-9-12-19-31-25-14-11-10-13-24(25)30-27(31)17-18-29-28(32)21-33-26-20-22(2)15-16-23(26)3/h10-11,13-16,20H,4-9,12,17-19,21H2,1-3H3,(H,29,32). The fraction of sp³-hybridized carbons (Fsp3) is 0.500. The van der Waals surface area contributed by atoms with Gasteiger partial charge in [-0.05, 0) is 49.6 Å². The molecule has 0 saturated carbocycles. The molecular formula is C28H39N3O2. The van der Waals surface area contributed by atoms with Gasteiger partial charge in [-0.25, -0.2) is 4.98 Å². The number of carbonyl (C=O) groups excluding carboxylic acids is 1. The van der Waals surface area contributed by atoms with E-state index in [9.17, 15) is 4.79 Å². The van der Waals surface area contributed by atoms with Crippen molar-refractivity contribution >= 4 is 16.9 Å². The molecule has 5 nitrogen and oxygen atoms in total. The number of ether oxygens (including phenoxy) is 1. The highest BCUT2D eigenvalue weighted by Gasteiger charge is 2.11. The van der Waals surface area contributed by atoms with Crippen LogP contribution in [0.15, 0.2) is 42.5 Å². The molecule has 0 fully saturated rings. The molecule has 0 aliphatic rings. The quantitative estimate of drug-likeness (QED) is 0.301. The minimum absolute atomic E-state index is 0.0265.